The summed E-state index contributed by atoms with van der Waals surface area (Å²) in [6.45, 7) is 13.9. The van der Waals surface area contributed by atoms with Gasteiger partial charge in [0, 0.05) is 19.1 Å². The molecule has 2 N–H and O–H groups in total. The fourth-order valence-corrected chi connectivity index (χ4v) is 1.72. The number of nitrogens with one attached hydrogen (secondary N) is 2. The van der Waals surface area contributed by atoms with Gasteiger partial charge in [-0.2, -0.15) is 0 Å². The zero-order valence-corrected chi connectivity index (χ0v) is 11.7. The Balaban J connectivity index is 4.20. The summed E-state index contributed by atoms with van der Waals surface area (Å²) in [7, 11) is 0. The molecular formula is C13H28N2O. The lowest BCUT2D eigenvalue weighted by atomic mass is 9.90. The average Bonchev–Trinajstić information content (AvgIpc) is 2.18. The molecule has 0 aromatic carbocycles. The van der Waals surface area contributed by atoms with Crippen molar-refractivity contribution in [1.29, 1.82) is 0 Å². The maximum absolute atomic E-state index is 11.8. The summed E-state index contributed by atoms with van der Waals surface area (Å²) in [6, 6.07) is 0.494. The molecule has 0 saturated heterocycles. The molecule has 1 atom stereocenters. The lowest BCUT2D eigenvalue weighted by Crippen LogP contribution is -2.46. The molecule has 0 spiro atoms. The Labute approximate surface area is 100 Å². The Hall–Kier alpha value is -0.570. The third-order valence-corrected chi connectivity index (χ3v) is 3.00. The van der Waals surface area contributed by atoms with Gasteiger partial charge in [-0.1, -0.05) is 20.8 Å². The molecule has 1 unspecified atom stereocenters. The molecule has 1 amide bonds. The van der Waals surface area contributed by atoms with Gasteiger partial charge in [0.15, 0.2) is 0 Å². The smallest absolute Gasteiger partial charge is 0.226 e. The SMILES string of the molecule is CCNC(=O)C(C)(C)CNC(CC)C(C)C. The first-order valence-electron chi connectivity index (χ1n) is 6.36. The maximum Gasteiger partial charge on any atom is 0.226 e. The molecule has 0 aliphatic carbocycles. The third kappa shape index (κ3) is 4.97. The normalized spacial score (nSPS) is 13.9. The van der Waals surface area contributed by atoms with Crippen molar-refractivity contribution in [2.24, 2.45) is 11.3 Å². The van der Waals surface area contributed by atoms with Crippen molar-refractivity contribution in [3.05, 3.63) is 0 Å². The lowest BCUT2D eigenvalue weighted by Gasteiger charge is -2.28. The zero-order chi connectivity index (χ0) is 12.8. The van der Waals surface area contributed by atoms with Crippen LogP contribution in [0.15, 0.2) is 0 Å². The third-order valence-electron chi connectivity index (χ3n) is 3.00. The minimum atomic E-state index is -0.335. The number of hydrogen-bond donors (Lipinski definition) is 2. The van der Waals surface area contributed by atoms with E-state index < -0.39 is 0 Å². The van der Waals surface area contributed by atoms with Gasteiger partial charge in [0.25, 0.3) is 0 Å². The maximum atomic E-state index is 11.8. The van der Waals surface area contributed by atoms with Crippen LogP contribution in [0.4, 0.5) is 0 Å². The summed E-state index contributed by atoms with van der Waals surface area (Å²) in [5, 5.41) is 6.37. The van der Waals surface area contributed by atoms with Gasteiger partial charge in [0.1, 0.15) is 0 Å². The fraction of sp³-hybridized carbons (Fsp3) is 0.923. The van der Waals surface area contributed by atoms with Gasteiger partial charge in [-0.25, -0.2) is 0 Å². The van der Waals surface area contributed by atoms with Gasteiger partial charge in [-0.15, -0.1) is 0 Å². The minimum Gasteiger partial charge on any atom is -0.356 e. The van der Waals surface area contributed by atoms with E-state index in [2.05, 4.69) is 31.4 Å². The first-order valence-corrected chi connectivity index (χ1v) is 6.36. The van der Waals surface area contributed by atoms with Crippen LogP contribution in [-0.2, 0) is 4.79 Å². The predicted octanol–water partition coefficient (Wildman–Crippen LogP) is 2.17. The summed E-state index contributed by atoms with van der Waals surface area (Å²) in [5.74, 6) is 0.733. The van der Waals surface area contributed by atoms with E-state index in [0.717, 1.165) is 13.0 Å². The monoisotopic (exact) mass is 228 g/mol. The molecule has 16 heavy (non-hydrogen) atoms. The second kappa shape index (κ2) is 6.89. The highest BCUT2D eigenvalue weighted by Crippen LogP contribution is 2.15. The highest BCUT2D eigenvalue weighted by atomic mass is 16.2. The van der Waals surface area contributed by atoms with E-state index in [1.54, 1.807) is 0 Å². The number of rotatable bonds is 7. The zero-order valence-electron chi connectivity index (χ0n) is 11.7. The van der Waals surface area contributed by atoms with Crippen LogP contribution in [0.5, 0.6) is 0 Å². The number of hydrogen-bond acceptors (Lipinski definition) is 2. The Morgan fingerprint density at radius 1 is 1.25 bits per heavy atom. The van der Waals surface area contributed by atoms with Crippen molar-refractivity contribution in [3.63, 3.8) is 0 Å². The van der Waals surface area contributed by atoms with Gasteiger partial charge in [0.2, 0.25) is 5.91 Å². The van der Waals surface area contributed by atoms with Gasteiger partial charge in [0.05, 0.1) is 5.41 Å². The molecule has 0 aromatic heterocycles. The van der Waals surface area contributed by atoms with E-state index in [4.69, 9.17) is 0 Å². The van der Waals surface area contributed by atoms with Crippen LogP contribution in [0.1, 0.15) is 48.0 Å². The van der Waals surface area contributed by atoms with Gasteiger partial charge < -0.3 is 10.6 Å². The standard InChI is InChI=1S/C13H28N2O/c1-7-11(10(3)4)15-9-13(5,6)12(16)14-8-2/h10-11,15H,7-9H2,1-6H3,(H,14,16). The van der Waals surface area contributed by atoms with E-state index in [-0.39, 0.29) is 11.3 Å². The van der Waals surface area contributed by atoms with Crippen molar-refractivity contribution < 1.29 is 4.79 Å². The van der Waals surface area contributed by atoms with Gasteiger partial charge in [-0.3, -0.25) is 4.79 Å². The van der Waals surface area contributed by atoms with Crippen LogP contribution < -0.4 is 10.6 Å². The van der Waals surface area contributed by atoms with Crippen molar-refractivity contribution >= 4 is 5.91 Å². The molecule has 0 heterocycles. The largest absolute Gasteiger partial charge is 0.356 e. The molecule has 0 fully saturated rings. The lowest BCUT2D eigenvalue weighted by molar-refractivity contribution is -0.129. The van der Waals surface area contributed by atoms with Crippen LogP contribution in [-0.4, -0.2) is 25.0 Å². The van der Waals surface area contributed by atoms with Crippen molar-refractivity contribution in [3.8, 4) is 0 Å². The number of carbonyl (C=O) groups is 1. The second-order valence-electron chi connectivity index (χ2n) is 5.38. The molecular weight excluding hydrogens is 200 g/mol. The number of carbonyl (C=O) groups excluding carboxylic acids is 1. The molecule has 3 nitrogen and oxygen atoms in total. The van der Waals surface area contributed by atoms with E-state index in [0.29, 0.717) is 18.5 Å². The Bertz CT molecular complexity index is 212. The van der Waals surface area contributed by atoms with Gasteiger partial charge >= 0.3 is 0 Å². The molecule has 0 saturated carbocycles. The molecule has 0 radical (unpaired) electrons. The first kappa shape index (κ1) is 15.4. The Kier molecular flexibility index (Phi) is 6.65. The fourth-order valence-electron chi connectivity index (χ4n) is 1.72. The molecule has 3 heteroatoms. The molecule has 0 rings (SSSR count). The Morgan fingerprint density at radius 2 is 1.81 bits per heavy atom. The highest BCUT2D eigenvalue weighted by molar-refractivity contribution is 5.81. The second-order valence-corrected chi connectivity index (χ2v) is 5.38. The van der Waals surface area contributed by atoms with Crippen LogP contribution in [0.2, 0.25) is 0 Å². The van der Waals surface area contributed by atoms with Gasteiger partial charge in [-0.05, 0) is 33.1 Å². The van der Waals surface area contributed by atoms with E-state index >= 15 is 0 Å². The predicted molar refractivity (Wildman–Crippen MR) is 69.4 cm³/mol. The Morgan fingerprint density at radius 3 is 2.19 bits per heavy atom. The molecule has 0 aliphatic rings. The first-order chi connectivity index (χ1) is 7.35. The molecule has 0 aromatic rings. The summed E-state index contributed by atoms with van der Waals surface area (Å²) in [6.07, 6.45) is 1.10. The van der Waals surface area contributed by atoms with Crippen LogP contribution in [0, 0.1) is 11.3 Å². The summed E-state index contributed by atoms with van der Waals surface area (Å²) in [5.41, 5.74) is -0.335. The van der Waals surface area contributed by atoms with Crippen molar-refractivity contribution in [2.75, 3.05) is 13.1 Å². The molecule has 96 valence electrons. The average molecular weight is 228 g/mol. The van der Waals surface area contributed by atoms with Crippen LogP contribution in [0.3, 0.4) is 0 Å². The molecule has 0 bridgehead atoms. The highest BCUT2D eigenvalue weighted by Gasteiger charge is 2.27. The molecule has 0 aliphatic heterocycles. The van der Waals surface area contributed by atoms with Crippen LogP contribution >= 0.6 is 0 Å². The van der Waals surface area contributed by atoms with Crippen LogP contribution in [0.25, 0.3) is 0 Å². The topological polar surface area (TPSA) is 41.1 Å². The number of amides is 1. The summed E-state index contributed by atoms with van der Waals surface area (Å²) < 4.78 is 0. The van der Waals surface area contributed by atoms with Crippen molar-refractivity contribution in [1.82, 2.24) is 10.6 Å². The van der Waals surface area contributed by atoms with E-state index in [1.165, 1.54) is 0 Å². The minimum absolute atomic E-state index is 0.126. The quantitative estimate of drug-likeness (QED) is 0.701. The van der Waals surface area contributed by atoms with E-state index in [1.807, 2.05) is 20.8 Å². The summed E-state index contributed by atoms with van der Waals surface area (Å²) >= 11 is 0. The van der Waals surface area contributed by atoms with E-state index in [9.17, 15) is 4.79 Å². The van der Waals surface area contributed by atoms with Crippen molar-refractivity contribution in [2.45, 2.75) is 54.0 Å². The summed E-state index contributed by atoms with van der Waals surface area (Å²) in [4.78, 5) is 11.8.